The number of hydrogen-bond donors (Lipinski definition) is 0. The average Bonchev–Trinajstić information content (AvgIpc) is 3.13. The summed E-state index contributed by atoms with van der Waals surface area (Å²) >= 11 is 0. The summed E-state index contributed by atoms with van der Waals surface area (Å²) in [7, 11) is 0. The number of rotatable bonds is 4. The Bertz CT molecular complexity index is 559. The van der Waals surface area contributed by atoms with Crippen molar-refractivity contribution in [2.75, 3.05) is 32.7 Å². The molecular formula is C22H34N2O. The fourth-order valence-electron chi connectivity index (χ4n) is 4.09. The van der Waals surface area contributed by atoms with E-state index in [2.05, 4.69) is 42.7 Å². The molecule has 3 rings (SSSR count). The Morgan fingerprint density at radius 3 is 2.16 bits per heavy atom. The van der Waals surface area contributed by atoms with Gasteiger partial charge >= 0.3 is 0 Å². The van der Waals surface area contributed by atoms with Gasteiger partial charge in [-0.3, -0.25) is 4.79 Å². The van der Waals surface area contributed by atoms with Crippen molar-refractivity contribution in [3.63, 3.8) is 0 Å². The predicted molar refractivity (Wildman–Crippen MR) is 104 cm³/mol. The summed E-state index contributed by atoms with van der Waals surface area (Å²) in [6.45, 7) is 12.3. The van der Waals surface area contributed by atoms with Crippen LogP contribution in [0.5, 0.6) is 0 Å². The second kappa shape index (κ2) is 7.90. The number of benzene rings is 1. The van der Waals surface area contributed by atoms with Gasteiger partial charge in [0.05, 0.1) is 0 Å². The van der Waals surface area contributed by atoms with Crippen LogP contribution in [0.3, 0.4) is 0 Å². The molecular weight excluding hydrogens is 308 g/mol. The highest BCUT2D eigenvalue weighted by molar-refractivity contribution is 5.94. The summed E-state index contributed by atoms with van der Waals surface area (Å²) in [4.78, 5) is 17.4. The lowest BCUT2D eigenvalue weighted by Gasteiger charge is -2.33. The van der Waals surface area contributed by atoms with Crippen LogP contribution < -0.4 is 0 Å². The highest BCUT2D eigenvalue weighted by Gasteiger charge is 2.24. The number of likely N-dealkylation sites (tertiary alicyclic amines) is 2. The minimum atomic E-state index is 0.134. The van der Waals surface area contributed by atoms with Crippen LogP contribution in [0.4, 0.5) is 0 Å². The van der Waals surface area contributed by atoms with E-state index in [1.807, 2.05) is 12.1 Å². The SMILES string of the molecule is CC(C)(C)c1ccc(C(=O)N2CCC(CCN3CCCC3)CC2)cc1. The number of carbonyl (C=O) groups is 1. The Kier molecular flexibility index (Phi) is 5.83. The molecule has 2 fully saturated rings. The van der Waals surface area contributed by atoms with E-state index in [-0.39, 0.29) is 11.3 Å². The topological polar surface area (TPSA) is 23.6 Å². The predicted octanol–water partition coefficient (Wildman–Crippen LogP) is 4.32. The molecule has 2 aliphatic heterocycles. The smallest absolute Gasteiger partial charge is 0.253 e. The van der Waals surface area contributed by atoms with Gasteiger partial charge in [0.1, 0.15) is 0 Å². The van der Waals surface area contributed by atoms with Crippen molar-refractivity contribution in [2.45, 2.75) is 58.3 Å². The molecule has 1 aromatic carbocycles. The van der Waals surface area contributed by atoms with Crippen molar-refractivity contribution in [1.29, 1.82) is 0 Å². The lowest BCUT2D eigenvalue weighted by molar-refractivity contribution is 0.0682. The van der Waals surface area contributed by atoms with Gasteiger partial charge < -0.3 is 9.80 Å². The van der Waals surface area contributed by atoms with Crippen LogP contribution in [-0.2, 0) is 5.41 Å². The molecule has 138 valence electrons. The van der Waals surface area contributed by atoms with Crippen molar-refractivity contribution in [2.24, 2.45) is 5.92 Å². The molecule has 0 radical (unpaired) electrons. The first-order valence-corrected chi connectivity index (χ1v) is 10.1. The molecule has 2 saturated heterocycles. The molecule has 0 saturated carbocycles. The van der Waals surface area contributed by atoms with Gasteiger partial charge in [-0.05, 0) is 80.8 Å². The van der Waals surface area contributed by atoms with Gasteiger partial charge in [0.15, 0.2) is 0 Å². The maximum Gasteiger partial charge on any atom is 0.253 e. The van der Waals surface area contributed by atoms with E-state index in [1.165, 1.54) is 57.3 Å². The van der Waals surface area contributed by atoms with Crippen molar-refractivity contribution < 1.29 is 4.79 Å². The summed E-state index contributed by atoms with van der Waals surface area (Å²) in [6, 6.07) is 8.22. The lowest BCUT2D eigenvalue weighted by Crippen LogP contribution is -2.39. The molecule has 0 unspecified atom stereocenters. The van der Waals surface area contributed by atoms with Gasteiger partial charge in [0.25, 0.3) is 5.91 Å². The van der Waals surface area contributed by atoms with Gasteiger partial charge in [0, 0.05) is 18.7 Å². The van der Waals surface area contributed by atoms with E-state index in [4.69, 9.17) is 0 Å². The Morgan fingerprint density at radius 2 is 1.60 bits per heavy atom. The summed E-state index contributed by atoms with van der Waals surface area (Å²) in [5.41, 5.74) is 2.25. The van der Waals surface area contributed by atoms with Crippen LogP contribution in [-0.4, -0.2) is 48.4 Å². The molecule has 0 bridgehead atoms. The number of amides is 1. The van der Waals surface area contributed by atoms with Gasteiger partial charge in [-0.1, -0.05) is 32.9 Å². The van der Waals surface area contributed by atoms with Gasteiger partial charge in [-0.2, -0.15) is 0 Å². The zero-order valence-corrected chi connectivity index (χ0v) is 16.3. The molecule has 3 nitrogen and oxygen atoms in total. The molecule has 1 aromatic rings. The fraction of sp³-hybridized carbons (Fsp3) is 0.682. The molecule has 0 atom stereocenters. The second-order valence-electron chi connectivity index (χ2n) is 8.90. The van der Waals surface area contributed by atoms with E-state index in [9.17, 15) is 4.79 Å². The van der Waals surface area contributed by atoms with Crippen LogP contribution >= 0.6 is 0 Å². The van der Waals surface area contributed by atoms with Crippen molar-refractivity contribution in [3.05, 3.63) is 35.4 Å². The van der Waals surface area contributed by atoms with Gasteiger partial charge in [-0.15, -0.1) is 0 Å². The molecule has 0 aromatic heterocycles. The average molecular weight is 343 g/mol. The Hall–Kier alpha value is -1.35. The van der Waals surface area contributed by atoms with E-state index >= 15 is 0 Å². The Labute approximate surface area is 153 Å². The number of nitrogens with zero attached hydrogens (tertiary/aromatic N) is 2. The largest absolute Gasteiger partial charge is 0.339 e. The summed E-state index contributed by atoms with van der Waals surface area (Å²) in [5.74, 6) is 1.01. The summed E-state index contributed by atoms with van der Waals surface area (Å²) < 4.78 is 0. The monoisotopic (exact) mass is 342 g/mol. The van der Waals surface area contributed by atoms with E-state index in [0.29, 0.717) is 0 Å². The number of carbonyl (C=O) groups excluding carboxylic acids is 1. The Balaban J connectivity index is 1.47. The maximum absolute atomic E-state index is 12.8. The summed E-state index contributed by atoms with van der Waals surface area (Å²) in [5, 5.41) is 0. The quantitative estimate of drug-likeness (QED) is 0.813. The lowest BCUT2D eigenvalue weighted by atomic mass is 9.86. The van der Waals surface area contributed by atoms with Gasteiger partial charge in [0.2, 0.25) is 0 Å². The normalized spacial score (nSPS) is 20.2. The van der Waals surface area contributed by atoms with Crippen LogP contribution in [0, 0.1) is 5.92 Å². The van der Waals surface area contributed by atoms with E-state index in [0.717, 1.165) is 24.6 Å². The zero-order valence-electron chi connectivity index (χ0n) is 16.3. The third kappa shape index (κ3) is 4.84. The van der Waals surface area contributed by atoms with E-state index in [1.54, 1.807) is 0 Å². The standard InChI is InChI=1S/C22H34N2O/c1-22(2,3)20-8-6-19(7-9-20)21(25)24-16-11-18(12-17-24)10-15-23-13-4-5-14-23/h6-9,18H,4-5,10-17H2,1-3H3. The van der Waals surface area contributed by atoms with Crippen LogP contribution in [0.2, 0.25) is 0 Å². The van der Waals surface area contributed by atoms with Gasteiger partial charge in [-0.25, -0.2) is 0 Å². The van der Waals surface area contributed by atoms with Crippen molar-refractivity contribution >= 4 is 5.91 Å². The molecule has 0 spiro atoms. The van der Waals surface area contributed by atoms with Crippen LogP contribution in [0.15, 0.2) is 24.3 Å². The fourth-order valence-corrected chi connectivity index (χ4v) is 4.09. The first-order chi connectivity index (χ1) is 11.9. The molecule has 0 aliphatic carbocycles. The minimum absolute atomic E-state index is 0.134. The summed E-state index contributed by atoms with van der Waals surface area (Å²) in [6.07, 6.45) is 6.39. The third-order valence-corrected chi connectivity index (χ3v) is 5.95. The molecule has 2 heterocycles. The molecule has 0 N–H and O–H groups in total. The maximum atomic E-state index is 12.8. The third-order valence-electron chi connectivity index (χ3n) is 5.95. The first-order valence-electron chi connectivity index (χ1n) is 10.1. The second-order valence-corrected chi connectivity index (χ2v) is 8.90. The number of piperidine rings is 1. The molecule has 2 aliphatic rings. The highest BCUT2D eigenvalue weighted by Crippen LogP contribution is 2.25. The Morgan fingerprint density at radius 1 is 1.00 bits per heavy atom. The van der Waals surface area contributed by atoms with Crippen LogP contribution in [0.25, 0.3) is 0 Å². The van der Waals surface area contributed by atoms with Crippen molar-refractivity contribution in [1.82, 2.24) is 9.80 Å². The first kappa shape index (κ1) is 18.4. The van der Waals surface area contributed by atoms with E-state index < -0.39 is 0 Å². The van der Waals surface area contributed by atoms with Crippen molar-refractivity contribution in [3.8, 4) is 0 Å². The zero-order chi connectivity index (χ0) is 17.9. The van der Waals surface area contributed by atoms with Crippen LogP contribution in [0.1, 0.15) is 68.8 Å². The number of hydrogen-bond acceptors (Lipinski definition) is 2. The minimum Gasteiger partial charge on any atom is -0.339 e. The highest BCUT2D eigenvalue weighted by atomic mass is 16.2. The molecule has 1 amide bonds. The molecule has 25 heavy (non-hydrogen) atoms. The molecule has 3 heteroatoms.